The van der Waals surface area contributed by atoms with E-state index in [2.05, 4.69) is 20.7 Å². The first-order valence-corrected chi connectivity index (χ1v) is 5.84. The molecule has 8 heteroatoms. The van der Waals surface area contributed by atoms with Crippen molar-refractivity contribution in [3.63, 3.8) is 0 Å². The van der Waals surface area contributed by atoms with Crippen LogP contribution in [0.3, 0.4) is 0 Å². The van der Waals surface area contributed by atoms with Gasteiger partial charge in [0.15, 0.2) is 0 Å². The number of nitrogens with zero attached hydrogens (tertiary/aromatic N) is 3. The third-order valence-electron chi connectivity index (χ3n) is 2.91. The van der Waals surface area contributed by atoms with Crippen LogP contribution in [0.25, 0.3) is 0 Å². The molecule has 1 heterocycles. The van der Waals surface area contributed by atoms with Crippen molar-refractivity contribution >= 4 is 17.3 Å². The summed E-state index contributed by atoms with van der Waals surface area (Å²) in [6.07, 6.45) is 4.72. The van der Waals surface area contributed by atoms with Crippen molar-refractivity contribution in [1.29, 1.82) is 0 Å². The highest BCUT2D eigenvalue weighted by molar-refractivity contribution is 5.68. The van der Waals surface area contributed by atoms with Gasteiger partial charge >= 0.3 is 5.69 Å². The highest BCUT2D eigenvalue weighted by Crippen LogP contribution is 2.35. The zero-order valence-corrected chi connectivity index (χ0v) is 10.1. The van der Waals surface area contributed by atoms with Crippen LogP contribution >= 0.6 is 0 Å². The van der Waals surface area contributed by atoms with Gasteiger partial charge in [-0.1, -0.05) is 12.8 Å². The molecule has 0 aromatic carbocycles. The predicted molar refractivity (Wildman–Crippen MR) is 66.9 cm³/mol. The van der Waals surface area contributed by atoms with Gasteiger partial charge in [0.1, 0.15) is 6.33 Å². The van der Waals surface area contributed by atoms with E-state index in [9.17, 15) is 10.1 Å². The fourth-order valence-corrected chi connectivity index (χ4v) is 1.91. The lowest BCUT2D eigenvalue weighted by atomic mass is 10.1. The summed E-state index contributed by atoms with van der Waals surface area (Å²) in [5.74, 6) is 6.16. The van der Waals surface area contributed by atoms with E-state index in [1.54, 1.807) is 0 Å². The molecule has 18 heavy (non-hydrogen) atoms. The Morgan fingerprint density at radius 2 is 2.22 bits per heavy atom. The lowest BCUT2D eigenvalue weighted by Gasteiger charge is -2.14. The van der Waals surface area contributed by atoms with Crippen LogP contribution in [0.5, 0.6) is 0 Å². The van der Waals surface area contributed by atoms with Gasteiger partial charge in [-0.2, -0.15) is 0 Å². The second-order valence-corrected chi connectivity index (χ2v) is 4.55. The molecule has 1 aliphatic rings. The second kappa shape index (κ2) is 5.13. The van der Waals surface area contributed by atoms with Gasteiger partial charge < -0.3 is 10.7 Å². The van der Waals surface area contributed by atoms with Gasteiger partial charge in [0.05, 0.1) is 4.92 Å². The Kier molecular flexibility index (Phi) is 3.56. The molecule has 0 bridgehead atoms. The van der Waals surface area contributed by atoms with Crippen LogP contribution in [0.15, 0.2) is 6.33 Å². The summed E-state index contributed by atoms with van der Waals surface area (Å²) >= 11 is 0. The Morgan fingerprint density at radius 1 is 1.56 bits per heavy atom. The van der Waals surface area contributed by atoms with Crippen molar-refractivity contribution < 1.29 is 4.92 Å². The van der Waals surface area contributed by atoms with Gasteiger partial charge in [-0.3, -0.25) is 10.1 Å². The minimum absolute atomic E-state index is 0.0103. The Hall–Kier alpha value is -1.96. The van der Waals surface area contributed by atoms with Crippen molar-refractivity contribution in [3.05, 3.63) is 16.4 Å². The van der Waals surface area contributed by atoms with Crippen LogP contribution in [-0.4, -0.2) is 20.9 Å². The summed E-state index contributed by atoms with van der Waals surface area (Å²) in [7, 11) is 0. The highest BCUT2D eigenvalue weighted by Gasteiger charge is 2.27. The molecule has 0 amide bonds. The molecule has 0 radical (unpaired) electrons. The predicted octanol–water partition coefficient (Wildman–Crippen LogP) is 1.27. The molecule has 0 aliphatic heterocycles. The summed E-state index contributed by atoms with van der Waals surface area (Å²) in [4.78, 5) is 18.1. The molecule has 0 saturated heterocycles. The molecule has 1 atom stereocenters. The Labute approximate surface area is 104 Å². The SMILES string of the molecule is CC(CC1CC1)Nc1ncnc(NN)c1[N+](=O)[O-]. The molecule has 98 valence electrons. The van der Waals surface area contributed by atoms with Crippen LogP contribution < -0.4 is 16.6 Å². The molecule has 2 rings (SSSR count). The van der Waals surface area contributed by atoms with Gasteiger partial charge in [0, 0.05) is 6.04 Å². The van der Waals surface area contributed by atoms with E-state index >= 15 is 0 Å². The Bertz CT molecular complexity index is 448. The monoisotopic (exact) mass is 252 g/mol. The van der Waals surface area contributed by atoms with Crippen LogP contribution in [-0.2, 0) is 0 Å². The van der Waals surface area contributed by atoms with Crippen molar-refractivity contribution in [2.24, 2.45) is 11.8 Å². The van der Waals surface area contributed by atoms with Crippen molar-refractivity contribution in [2.45, 2.75) is 32.2 Å². The summed E-state index contributed by atoms with van der Waals surface area (Å²) in [6, 6.07) is 0.136. The normalized spacial score (nSPS) is 16.1. The number of rotatable bonds is 6. The van der Waals surface area contributed by atoms with Crippen molar-refractivity contribution in [3.8, 4) is 0 Å². The summed E-state index contributed by atoms with van der Waals surface area (Å²) in [6.45, 7) is 1.99. The largest absolute Gasteiger partial charge is 0.362 e. The fourth-order valence-electron chi connectivity index (χ4n) is 1.91. The molecule has 1 saturated carbocycles. The summed E-state index contributed by atoms with van der Waals surface area (Å²) in [5, 5.41) is 14.1. The molecule has 4 N–H and O–H groups in total. The topological polar surface area (TPSA) is 119 Å². The van der Waals surface area contributed by atoms with Crippen LogP contribution in [0.1, 0.15) is 26.2 Å². The van der Waals surface area contributed by atoms with E-state index in [4.69, 9.17) is 5.84 Å². The van der Waals surface area contributed by atoms with Gasteiger partial charge in [-0.25, -0.2) is 15.8 Å². The quantitative estimate of drug-likeness (QED) is 0.396. The summed E-state index contributed by atoms with van der Waals surface area (Å²) < 4.78 is 0. The lowest BCUT2D eigenvalue weighted by Crippen LogP contribution is -2.19. The highest BCUT2D eigenvalue weighted by atomic mass is 16.6. The smallest absolute Gasteiger partial charge is 0.354 e. The van der Waals surface area contributed by atoms with Crippen LogP contribution in [0.2, 0.25) is 0 Å². The van der Waals surface area contributed by atoms with E-state index < -0.39 is 4.92 Å². The number of nitrogens with two attached hydrogens (primary N) is 1. The van der Waals surface area contributed by atoms with Crippen LogP contribution in [0, 0.1) is 16.0 Å². The van der Waals surface area contributed by atoms with Gasteiger partial charge in [-0.15, -0.1) is 0 Å². The first-order chi connectivity index (χ1) is 8.61. The van der Waals surface area contributed by atoms with Gasteiger partial charge in [-0.05, 0) is 19.3 Å². The number of nitrogen functional groups attached to an aromatic ring is 1. The molecule has 1 unspecified atom stereocenters. The minimum atomic E-state index is -0.540. The van der Waals surface area contributed by atoms with E-state index in [0.717, 1.165) is 12.3 Å². The maximum Gasteiger partial charge on any atom is 0.354 e. The Balaban J connectivity index is 2.17. The summed E-state index contributed by atoms with van der Waals surface area (Å²) in [5.41, 5.74) is 1.99. The number of hydrogen-bond acceptors (Lipinski definition) is 7. The Morgan fingerprint density at radius 3 is 2.78 bits per heavy atom. The number of hydrazine groups is 1. The molecule has 1 aromatic rings. The zero-order valence-electron chi connectivity index (χ0n) is 10.1. The molecule has 1 fully saturated rings. The standard InChI is InChI=1S/C10H16N6O2/c1-6(4-7-2-3-7)14-9-8(16(17)18)10(15-11)13-5-12-9/h5-7H,2-4,11H2,1H3,(H2,12,13,14,15). The van der Waals surface area contributed by atoms with E-state index in [-0.39, 0.29) is 23.4 Å². The molecular formula is C10H16N6O2. The maximum absolute atomic E-state index is 11.0. The number of aromatic nitrogens is 2. The molecule has 1 aliphatic carbocycles. The lowest BCUT2D eigenvalue weighted by molar-refractivity contribution is -0.383. The number of hydrogen-bond donors (Lipinski definition) is 3. The average molecular weight is 252 g/mol. The van der Waals surface area contributed by atoms with Gasteiger partial charge in [0.25, 0.3) is 0 Å². The number of anilines is 2. The third-order valence-corrected chi connectivity index (χ3v) is 2.91. The first-order valence-electron chi connectivity index (χ1n) is 5.84. The van der Waals surface area contributed by atoms with Crippen molar-refractivity contribution in [1.82, 2.24) is 9.97 Å². The molecule has 0 spiro atoms. The third kappa shape index (κ3) is 2.83. The van der Waals surface area contributed by atoms with E-state index in [0.29, 0.717) is 0 Å². The molecular weight excluding hydrogens is 236 g/mol. The average Bonchev–Trinajstić information content (AvgIpc) is 3.11. The van der Waals surface area contributed by atoms with E-state index in [1.807, 2.05) is 6.92 Å². The van der Waals surface area contributed by atoms with Gasteiger partial charge in [0.2, 0.25) is 11.6 Å². The van der Waals surface area contributed by atoms with Crippen molar-refractivity contribution in [2.75, 3.05) is 10.7 Å². The first kappa shape index (κ1) is 12.5. The number of nitrogens with one attached hydrogen (secondary N) is 2. The fraction of sp³-hybridized carbons (Fsp3) is 0.600. The van der Waals surface area contributed by atoms with Crippen LogP contribution in [0.4, 0.5) is 17.3 Å². The van der Waals surface area contributed by atoms with E-state index in [1.165, 1.54) is 19.2 Å². The maximum atomic E-state index is 11.0. The zero-order chi connectivity index (χ0) is 13.1. The number of nitro groups is 1. The second-order valence-electron chi connectivity index (χ2n) is 4.55. The minimum Gasteiger partial charge on any atom is -0.362 e. The molecule has 1 aromatic heterocycles. The molecule has 8 nitrogen and oxygen atoms in total.